The standard InChI is InChI=1S/C62H109NO8/c1-3-5-7-9-11-13-15-17-19-21-23-24-25-26-27-28-29-30-31-32-34-35-37-39-41-43-45-47-49-51-56(65)55(54-70-62-61(69)60(68)59(67)57(53-64)71-62)63-58(66)52-50-48-46-44-42-40-38-36-33-22-20-18-16-14-12-10-8-6-4-2/h6,8,12,14,18,20,33,36,40,42,46,48-49,51,55-57,59-62,64-65,67-69H,3-5,7,9-11,13,15-17,19,21-32,34-35,37-39,41,43-45,47,50,52-54H2,1-2H3,(H,63,66)/b8-6-,14-12-,20-18-,36-33-,42-40-,48-46-,51-49+. The van der Waals surface area contributed by atoms with Crippen molar-refractivity contribution in [2.75, 3.05) is 13.2 Å². The van der Waals surface area contributed by atoms with E-state index in [9.17, 15) is 30.3 Å². The summed E-state index contributed by atoms with van der Waals surface area (Å²) in [7, 11) is 0. The van der Waals surface area contributed by atoms with Crippen molar-refractivity contribution in [1.82, 2.24) is 5.32 Å². The Hall–Kier alpha value is -2.63. The van der Waals surface area contributed by atoms with Crippen molar-refractivity contribution >= 4 is 5.91 Å². The summed E-state index contributed by atoms with van der Waals surface area (Å²) in [5, 5.41) is 54.4. The van der Waals surface area contributed by atoms with Crippen LogP contribution >= 0.6 is 0 Å². The first-order valence-corrected chi connectivity index (χ1v) is 29.3. The molecule has 0 radical (unpaired) electrons. The van der Waals surface area contributed by atoms with Crippen LogP contribution in [0.1, 0.15) is 245 Å². The second-order valence-corrected chi connectivity index (χ2v) is 20.1. The van der Waals surface area contributed by atoms with Crippen molar-refractivity contribution in [2.24, 2.45) is 0 Å². The third kappa shape index (κ3) is 40.4. The Bertz CT molecular complexity index is 1390. The van der Waals surface area contributed by atoms with Gasteiger partial charge in [-0.05, 0) is 57.8 Å². The first-order valence-electron chi connectivity index (χ1n) is 29.3. The molecule has 9 heteroatoms. The van der Waals surface area contributed by atoms with E-state index >= 15 is 0 Å². The minimum atomic E-state index is -1.58. The van der Waals surface area contributed by atoms with Crippen molar-refractivity contribution in [3.8, 4) is 0 Å². The molecule has 0 aromatic rings. The number of aliphatic hydroxyl groups excluding tert-OH is 5. The van der Waals surface area contributed by atoms with E-state index in [2.05, 4.69) is 79.9 Å². The molecule has 9 nitrogen and oxygen atoms in total. The monoisotopic (exact) mass is 996 g/mol. The van der Waals surface area contributed by atoms with Crippen molar-refractivity contribution in [3.05, 3.63) is 85.1 Å². The number of rotatable bonds is 49. The Morgan fingerprint density at radius 1 is 0.493 bits per heavy atom. The predicted octanol–water partition coefficient (Wildman–Crippen LogP) is 14.6. The van der Waals surface area contributed by atoms with E-state index in [0.29, 0.717) is 6.42 Å². The van der Waals surface area contributed by atoms with Crippen LogP contribution in [0.5, 0.6) is 0 Å². The van der Waals surface area contributed by atoms with Gasteiger partial charge in [0.15, 0.2) is 6.29 Å². The molecule has 71 heavy (non-hydrogen) atoms. The summed E-state index contributed by atoms with van der Waals surface area (Å²) in [6.07, 6.45) is 65.3. The van der Waals surface area contributed by atoms with Crippen LogP contribution in [0.15, 0.2) is 85.1 Å². The lowest BCUT2D eigenvalue weighted by molar-refractivity contribution is -0.302. The minimum absolute atomic E-state index is 0.217. The zero-order valence-electron chi connectivity index (χ0n) is 45.5. The fourth-order valence-corrected chi connectivity index (χ4v) is 8.89. The summed E-state index contributed by atoms with van der Waals surface area (Å²) in [6, 6.07) is -0.852. The molecule has 6 N–H and O–H groups in total. The Kier molecular flexibility index (Phi) is 47.6. The Morgan fingerprint density at radius 3 is 1.27 bits per heavy atom. The fraction of sp³-hybridized carbons (Fsp3) is 0.758. The molecule has 0 aromatic heterocycles. The molecular formula is C62H109NO8. The van der Waals surface area contributed by atoms with Crippen molar-refractivity contribution in [2.45, 2.75) is 288 Å². The summed E-state index contributed by atoms with van der Waals surface area (Å²) in [4.78, 5) is 13.0. The zero-order valence-corrected chi connectivity index (χ0v) is 45.5. The maximum absolute atomic E-state index is 13.0. The molecule has 0 saturated carbocycles. The van der Waals surface area contributed by atoms with E-state index < -0.39 is 49.5 Å². The van der Waals surface area contributed by atoms with Crippen LogP contribution in [0.3, 0.4) is 0 Å². The molecular weight excluding hydrogens is 887 g/mol. The van der Waals surface area contributed by atoms with E-state index in [1.165, 1.54) is 161 Å². The number of carbonyl (C=O) groups excluding carboxylic acids is 1. The lowest BCUT2D eigenvalue weighted by Gasteiger charge is -2.40. The van der Waals surface area contributed by atoms with Gasteiger partial charge in [-0.15, -0.1) is 0 Å². The van der Waals surface area contributed by atoms with Gasteiger partial charge in [-0.25, -0.2) is 0 Å². The molecule has 1 aliphatic rings. The average Bonchev–Trinajstić information content (AvgIpc) is 3.37. The number of aliphatic hydroxyl groups is 5. The van der Waals surface area contributed by atoms with Gasteiger partial charge in [-0.1, -0.05) is 266 Å². The molecule has 1 rings (SSSR count). The average molecular weight is 997 g/mol. The molecule has 1 heterocycles. The largest absolute Gasteiger partial charge is 0.394 e. The normalized spacial score (nSPS) is 19.9. The first-order chi connectivity index (χ1) is 34.8. The third-order valence-electron chi connectivity index (χ3n) is 13.5. The molecule has 0 bridgehead atoms. The molecule has 1 fully saturated rings. The lowest BCUT2D eigenvalue weighted by atomic mass is 9.99. The van der Waals surface area contributed by atoms with Crippen LogP contribution in [0.25, 0.3) is 0 Å². The summed E-state index contributed by atoms with van der Waals surface area (Å²) in [5.41, 5.74) is 0. The van der Waals surface area contributed by atoms with Gasteiger partial charge in [0.1, 0.15) is 24.4 Å². The molecule has 410 valence electrons. The third-order valence-corrected chi connectivity index (χ3v) is 13.5. The van der Waals surface area contributed by atoms with Gasteiger partial charge in [-0.2, -0.15) is 0 Å². The minimum Gasteiger partial charge on any atom is -0.394 e. The SMILES string of the molecule is CC/C=C\C/C=C\C/C=C\C/C=C\C/C=C\C/C=C\CCC(=O)NC(COC1OC(CO)C(O)C(O)C1O)C(O)/C=C/CCCCCCCCCCCCCCCCCCCCCCCCCCCCC. The maximum atomic E-state index is 13.0. The summed E-state index contributed by atoms with van der Waals surface area (Å²) in [6.45, 7) is 3.63. The lowest BCUT2D eigenvalue weighted by Crippen LogP contribution is -2.60. The van der Waals surface area contributed by atoms with Gasteiger partial charge in [0.2, 0.25) is 5.91 Å². The molecule has 0 aromatic carbocycles. The van der Waals surface area contributed by atoms with Gasteiger partial charge in [0.05, 0.1) is 25.4 Å². The Morgan fingerprint density at radius 2 is 0.873 bits per heavy atom. The van der Waals surface area contributed by atoms with Crippen LogP contribution in [0.2, 0.25) is 0 Å². The number of hydrogen-bond acceptors (Lipinski definition) is 8. The predicted molar refractivity (Wildman–Crippen MR) is 299 cm³/mol. The molecule has 0 aliphatic carbocycles. The highest BCUT2D eigenvalue weighted by atomic mass is 16.7. The zero-order chi connectivity index (χ0) is 51.5. The maximum Gasteiger partial charge on any atom is 0.220 e. The number of unbranched alkanes of at least 4 members (excludes halogenated alkanes) is 27. The number of amides is 1. The van der Waals surface area contributed by atoms with Gasteiger partial charge in [0.25, 0.3) is 0 Å². The molecule has 0 spiro atoms. The summed E-state index contributed by atoms with van der Waals surface area (Å²) in [5.74, 6) is -0.259. The second-order valence-electron chi connectivity index (χ2n) is 20.1. The van der Waals surface area contributed by atoms with Crippen LogP contribution in [0.4, 0.5) is 0 Å². The highest BCUT2D eigenvalue weighted by Crippen LogP contribution is 2.23. The van der Waals surface area contributed by atoms with Crippen molar-refractivity contribution in [1.29, 1.82) is 0 Å². The van der Waals surface area contributed by atoms with Crippen LogP contribution in [0, 0.1) is 0 Å². The fourth-order valence-electron chi connectivity index (χ4n) is 8.89. The van der Waals surface area contributed by atoms with Crippen LogP contribution < -0.4 is 5.32 Å². The van der Waals surface area contributed by atoms with Crippen molar-refractivity contribution in [3.63, 3.8) is 0 Å². The van der Waals surface area contributed by atoms with Crippen LogP contribution in [-0.4, -0.2) is 87.5 Å². The van der Waals surface area contributed by atoms with E-state index in [1.54, 1.807) is 6.08 Å². The Balaban J connectivity index is 2.25. The molecule has 7 atom stereocenters. The number of ether oxygens (including phenoxy) is 2. The Labute approximate surface area is 435 Å². The van der Waals surface area contributed by atoms with E-state index in [4.69, 9.17) is 9.47 Å². The topological polar surface area (TPSA) is 149 Å². The van der Waals surface area contributed by atoms with E-state index in [-0.39, 0.29) is 18.9 Å². The van der Waals surface area contributed by atoms with Gasteiger partial charge >= 0.3 is 0 Å². The van der Waals surface area contributed by atoms with E-state index in [0.717, 1.165) is 57.8 Å². The highest BCUT2D eigenvalue weighted by molar-refractivity contribution is 5.76. The highest BCUT2D eigenvalue weighted by Gasteiger charge is 2.44. The van der Waals surface area contributed by atoms with Crippen LogP contribution in [-0.2, 0) is 14.3 Å². The molecule has 1 aliphatic heterocycles. The van der Waals surface area contributed by atoms with Gasteiger partial charge in [0, 0.05) is 6.42 Å². The van der Waals surface area contributed by atoms with Gasteiger partial charge < -0.3 is 40.3 Å². The smallest absolute Gasteiger partial charge is 0.220 e. The molecule has 1 saturated heterocycles. The summed E-state index contributed by atoms with van der Waals surface area (Å²) >= 11 is 0. The molecule has 7 unspecified atom stereocenters. The van der Waals surface area contributed by atoms with Gasteiger partial charge in [-0.3, -0.25) is 4.79 Å². The number of nitrogens with one attached hydrogen (secondary N) is 1. The summed E-state index contributed by atoms with van der Waals surface area (Å²) < 4.78 is 11.2. The van der Waals surface area contributed by atoms with E-state index in [1.807, 2.05) is 18.2 Å². The van der Waals surface area contributed by atoms with Crippen molar-refractivity contribution < 1.29 is 39.8 Å². The quantitative estimate of drug-likeness (QED) is 0.0261. The number of allylic oxidation sites excluding steroid dienone is 13. The number of carbonyl (C=O) groups is 1. The second kappa shape index (κ2) is 50.9. The molecule has 1 amide bonds. The first kappa shape index (κ1) is 66.4. The number of hydrogen-bond donors (Lipinski definition) is 6.